The Kier molecular flexibility index (Phi) is 3.66. The van der Waals surface area contributed by atoms with Crippen molar-refractivity contribution >= 4 is 15.8 Å². The van der Waals surface area contributed by atoms with Gasteiger partial charge in [0.2, 0.25) is 0 Å². The summed E-state index contributed by atoms with van der Waals surface area (Å²) in [4.78, 5) is -0.0971. The minimum atomic E-state index is -4.10. The maximum absolute atomic E-state index is 10.8. The Morgan fingerprint density at radius 1 is 1.35 bits per heavy atom. The molecule has 1 atom stereocenters. The summed E-state index contributed by atoms with van der Waals surface area (Å²) in [6, 6.07) is 5.98. The molecule has 0 saturated carbocycles. The van der Waals surface area contributed by atoms with Crippen LogP contribution >= 0.6 is 0 Å². The summed E-state index contributed by atoms with van der Waals surface area (Å²) in [6.07, 6.45) is 2.38. The molecule has 5 nitrogen and oxygen atoms in total. The third kappa shape index (κ3) is 3.42. The van der Waals surface area contributed by atoms with Crippen LogP contribution in [0.5, 0.6) is 0 Å². The Hall–Kier alpha value is -1.11. The quantitative estimate of drug-likeness (QED) is 0.800. The third-order valence-corrected chi connectivity index (χ3v) is 3.58. The normalized spacial score (nSPS) is 20.4. The standard InChI is InChI=1S/C11H15NO4S/c13-17(14,15)11-5-3-9(4-6-11)12-8-10-2-1-7-16-10/h3-6,10,12H,1-2,7-8H2,(H,13,14,15)/t10-/m0/s1. The highest BCUT2D eigenvalue weighted by Gasteiger charge is 2.15. The van der Waals surface area contributed by atoms with Gasteiger partial charge in [0, 0.05) is 18.8 Å². The van der Waals surface area contributed by atoms with Crippen LogP contribution in [-0.4, -0.2) is 32.2 Å². The molecule has 0 bridgehead atoms. The van der Waals surface area contributed by atoms with Crippen molar-refractivity contribution in [3.8, 4) is 0 Å². The summed E-state index contributed by atoms with van der Waals surface area (Å²) in [5, 5.41) is 3.16. The largest absolute Gasteiger partial charge is 0.382 e. The van der Waals surface area contributed by atoms with Gasteiger partial charge in [0.15, 0.2) is 0 Å². The molecular weight excluding hydrogens is 242 g/mol. The van der Waals surface area contributed by atoms with Gasteiger partial charge in [-0.1, -0.05) is 0 Å². The zero-order valence-electron chi connectivity index (χ0n) is 9.30. The van der Waals surface area contributed by atoms with Crippen molar-refractivity contribution in [2.24, 2.45) is 0 Å². The molecule has 1 aromatic rings. The Bertz CT molecular complexity index is 463. The average molecular weight is 257 g/mol. The summed E-state index contributed by atoms with van der Waals surface area (Å²) >= 11 is 0. The molecule has 1 aliphatic rings. The van der Waals surface area contributed by atoms with E-state index in [1.807, 2.05) is 0 Å². The highest BCUT2D eigenvalue weighted by atomic mass is 32.2. The Morgan fingerprint density at radius 3 is 2.59 bits per heavy atom. The molecule has 2 rings (SSSR count). The van der Waals surface area contributed by atoms with Crippen LogP contribution < -0.4 is 5.32 Å². The van der Waals surface area contributed by atoms with Gasteiger partial charge >= 0.3 is 0 Å². The molecule has 6 heteroatoms. The molecule has 1 fully saturated rings. The van der Waals surface area contributed by atoms with E-state index < -0.39 is 10.1 Å². The van der Waals surface area contributed by atoms with Crippen LogP contribution in [0.3, 0.4) is 0 Å². The molecule has 2 N–H and O–H groups in total. The van der Waals surface area contributed by atoms with Crippen LogP contribution in [0.4, 0.5) is 5.69 Å². The number of hydrogen-bond donors (Lipinski definition) is 2. The van der Waals surface area contributed by atoms with Crippen molar-refractivity contribution < 1.29 is 17.7 Å². The molecule has 0 unspecified atom stereocenters. The number of hydrogen-bond acceptors (Lipinski definition) is 4. The molecule has 1 heterocycles. The molecule has 1 saturated heterocycles. The van der Waals surface area contributed by atoms with E-state index in [4.69, 9.17) is 9.29 Å². The molecule has 0 amide bonds. The van der Waals surface area contributed by atoms with E-state index in [2.05, 4.69) is 5.32 Å². The predicted molar refractivity (Wildman–Crippen MR) is 63.7 cm³/mol. The first-order valence-corrected chi connectivity index (χ1v) is 6.93. The van der Waals surface area contributed by atoms with E-state index >= 15 is 0 Å². The first-order valence-electron chi connectivity index (χ1n) is 5.49. The van der Waals surface area contributed by atoms with Crippen LogP contribution in [0.2, 0.25) is 0 Å². The molecular formula is C11H15NO4S. The number of rotatable bonds is 4. The third-order valence-electron chi connectivity index (χ3n) is 2.71. The lowest BCUT2D eigenvalue weighted by atomic mass is 10.2. The van der Waals surface area contributed by atoms with Crippen LogP contribution in [-0.2, 0) is 14.9 Å². The first-order chi connectivity index (χ1) is 8.05. The van der Waals surface area contributed by atoms with E-state index in [1.165, 1.54) is 12.1 Å². The Balaban J connectivity index is 1.94. The monoisotopic (exact) mass is 257 g/mol. The average Bonchev–Trinajstić information content (AvgIpc) is 2.78. The van der Waals surface area contributed by atoms with Crippen molar-refractivity contribution in [2.45, 2.75) is 23.8 Å². The fraction of sp³-hybridized carbons (Fsp3) is 0.455. The van der Waals surface area contributed by atoms with Gasteiger partial charge in [-0.15, -0.1) is 0 Å². The maximum atomic E-state index is 10.8. The highest BCUT2D eigenvalue weighted by molar-refractivity contribution is 7.85. The van der Waals surface area contributed by atoms with E-state index in [9.17, 15) is 8.42 Å². The molecule has 0 aromatic heterocycles. The van der Waals surface area contributed by atoms with Crippen molar-refractivity contribution in [1.82, 2.24) is 0 Å². The summed E-state index contributed by atoms with van der Waals surface area (Å²) < 4.78 is 35.9. The van der Waals surface area contributed by atoms with Gasteiger partial charge in [-0.05, 0) is 37.1 Å². The summed E-state index contributed by atoms with van der Waals surface area (Å²) in [6.45, 7) is 1.53. The zero-order chi connectivity index (χ0) is 12.3. The van der Waals surface area contributed by atoms with Crippen molar-refractivity contribution in [3.63, 3.8) is 0 Å². The van der Waals surface area contributed by atoms with Crippen LogP contribution in [0.25, 0.3) is 0 Å². The van der Waals surface area contributed by atoms with Crippen molar-refractivity contribution in [3.05, 3.63) is 24.3 Å². The maximum Gasteiger partial charge on any atom is 0.294 e. The summed E-state index contributed by atoms with van der Waals surface area (Å²) in [7, 11) is -4.10. The number of benzene rings is 1. The van der Waals surface area contributed by atoms with Crippen LogP contribution in [0, 0.1) is 0 Å². The lowest BCUT2D eigenvalue weighted by molar-refractivity contribution is 0.120. The first kappa shape index (κ1) is 12.3. The van der Waals surface area contributed by atoms with E-state index in [1.54, 1.807) is 12.1 Å². The van der Waals surface area contributed by atoms with Crippen LogP contribution in [0.1, 0.15) is 12.8 Å². The molecule has 17 heavy (non-hydrogen) atoms. The Morgan fingerprint density at radius 2 is 2.06 bits per heavy atom. The number of nitrogens with one attached hydrogen (secondary N) is 1. The second kappa shape index (κ2) is 5.03. The second-order valence-electron chi connectivity index (χ2n) is 4.02. The van der Waals surface area contributed by atoms with Crippen LogP contribution in [0.15, 0.2) is 29.2 Å². The van der Waals surface area contributed by atoms with Gasteiger partial charge in [-0.2, -0.15) is 8.42 Å². The molecule has 0 radical (unpaired) electrons. The summed E-state index contributed by atoms with van der Waals surface area (Å²) in [5.41, 5.74) is 0.813. The van der Waals surface area contributed by atoms with Gasteiger partial charge in [0.1, 0.15) is 0 Å². The summed E-state index contributed by atoms with van der Waals surface area (Å²) in [5.74, 6) is 0. The van der Waals surface area contributed by atoms with Gasteiger partial charge in [0.25, 0.3) is 10.1 Å². The minimum absolute atomic E-state index is 0.0971. The van der Waals surface area contributed by atoms with E-state index in [0.29, 0.717) is 6.54 Å². The highest BCUT2D eigenvalue weighted by Crippen LogP contribution is 2.16. The smallest absolute Gasteiger partial charge is 0.294 e. The SMILES string of the molecule is O=S(=O)(O)c1ccc(NC[C@@H]2CCCO2)cc1. The van der Waals surface area contributed by atoms with E-state index in [-0.39, 0.29) is 11.0 Å². The number of anilines is 1. The zero-order valence-corrected chi connectivity index (χ0v) is 10.1. The fourth-order valence-electron chi connectivity index (χ4n) is 1.78. The predicted octanol–water partition coefficient (Wildman–Crippen LogP) is 1.52. The molecule has 94 valence electrons. The van der Waals surface area contributed by atoms with Gasteiger partial charge in [0.05, 0.1) is 11.0 Å². The second-order valence-corrected chi connectivity index (χ2v) is 5.44. The minimum Gasteiger partial charge on any atom is -0.382 e. The lowest BCUT2D eigenvalue weighted by Crippen LogP contribution is -2.18. The van der Waals surface area contributed by atoms with Crippen molar-refractivity contribution in [2.75, 3.05) is 18.5 Å². The Labute approximate surface area is 101 Å². The molecule has 1 aromatic carbocycles. The van der Waals surface area contributed by atoms with E-state index in [0.717, 1.165) is 25.1 Å². The van der Waals surface area contributed by atoms with Gasteiger partial charge in [-0.3, -0.25) is 4.55 Å². The topological polar surface area (TPSA) is 75.6 Å². The fourth-order valence-corrected chi connectivity index (χ4v) is 2.26. The molecule has 0 spiro atoms. The number of ether oxygens (including phenoxy) is 1. The van der Waals surface area contributed by atoms with Crippen molar-refractivity contribution in [1.29, 1.82) is 0 Å². The molecule has 0 aliphatic carbocycles. The van der Waals surface area contributed by atoms with Gasteiger partial charge < -0.3 is 10.1 Å². The van der Waals surface area contributed by atoms with Gasteiger partial charge in [-0.25, -0.2) is 0 Å². The molecule has 1 aliphatic heterocycles. The lowest BCUT2D eigenvalue weighted by Gasteiger charge is -2.11.